The summed E-state index contributed by atoms with van der Waals surface area (Å²) in [6.07, 6.45) is 5.57. The smallest absolute Gasteiger partial charge is 0.303 e. The van der Waals surface area contributed by atoms with Crippen LogP contribution in [0, 0.1) is 5.92 Å². The zero-order valence-electron chi connectivity index (χ0n) is 11.7. The molecule has 0 aromatic rings. The lowest BCUT2D eigenvalue weighted by atomic mass is 9.95. The minimum Gasteiger partial charge on any atom is -0.481 e. The molecule has 1 fully saturated rings. The molecular formula is C14H25NO4. The summed E-state index contributed by atoms with van der Waals surface area (Å²) in [6, 6.07) is 0. The van der Waals surface area contributed by atoms with E-state index in [1.807, 2.05) is 6.92 Å². The molecule has 110 valence electrons. The first-order chi connectivity index (χ1) is 9.09. The normalized spacial score (nSPS) is 23.0. The first-order valence-corrected chi connectivity index (χ1v) is 7.20. The predicted molar refractivity (Wildman–Crippen MR) is 71.9 cm³/mol. The summed E-state index contributed by atoms with van der Waals surface area (Å²) >= 11 is 0. The fraction of sp³-hybridized carbons (Fsp3) is 0.857. The molecule has 1 amide bonds. The molecule has 0 radical (unpaired) electrons. The second-order valence-corrected chi connectivity index (χ2v) is 5.25. The molecule has 5 nitrogen and oxygen atoms in total. The number of unbranched alkanes of at least 4 members (excludes halogenated alkanes) is 3. The van der Waals surface area contributed by atoms with Gasteiger partial charge in [-0.05, 0) is 32.6 Å². The van der Waals surface area contributed by atoms with Gasteiger partial charge in [0.25, 0.3) is 0 Å². The lowest BCUT2D eigenvalue weighted by Crippen LogP contribution is -2.36. The van der Waals surface area contributed by atoms with Crippen LogP contribution in [-0.2, 0) is 14.3 Å². The summed E-state index contributed by atoms with van der Waals surface area (Å²) in [4.78, 5) is 22.2. The van der Waals surface area contributed by atoms with Gasteiger partial charge in [0.1, 0.15) is 0 Å². The van der Waals surface area contributed by atoms with E-state index >= 15 is 0 Å². The van der Waals surface area contributed by atoms with E-state index in [0.717, 1.165) is 38.5 Å². The van der Waals surface area contributed by atoms with Crippen molar-refractivity contribution in [3.05, 3.63) is 0 Å². The minimum atomic E-state index is -0.734. The SMILES string of the molecule is CC1CC(C(=O)NCCCCCCC(=O)O)CCO1. The molecule has 0 aromatic carbocycles. The molecule has 0 spiro atoms. The second-order valence-electron chi connectivity index (χ2n) is 5.25. The van der Waals surface area contributed by atoms with Gasteiger partial charge in [-0.3, -0.25) is 9.59 Å². The summed E-state index contributed by atoms with van der Waals surface area (Å²) in [7, 11) is 0. The Morgan fingerprint density at radius 3 is 2.68 bits per heavy atom. The van der Waals surface area contributed by atoms with Crippen molar-refractivity contribution >= 4 is 11.9 Å². The molecule has 1 aliphatic heterocycles. The van der Waals surface area contributed by atoms with Crippen LogP contribution in [0.4, 0.5) is 0 Å². The van der Waals surface area contributed by atoms with Gasteiger partial charge in [0.15, 0.2) is 0 Å². The van der Waals surface area contributed by atoms with Crippen molar-refractivity contribution in [3.63, 3.8) is 0 Å². The molecule has 19 heavy (non-hydrogen) atoms. The van der Waals surface area contributed by atoms with Crippen molar-refractivity contribution in [2.45, 2.75) is 58.0 Å². The Labute approximate surface area is 114 Å². The summed E-state index contributed by atoms with van der Waals surface area (Å²) in [5, 5.41) is 11.4. The molecule has 2 atom stereocenters. The molecule has 2 N–H and O–H groups in total. The summed E-state index contributed by atoms with van der Waals surface area (Å²) in [5.74, 6) is -0.501. The molecule has 2 unspecified atom stereocenters. The van der Waals surface area contributed by atoms with E-state index in [2.05, 4.69) is 5.32 Å². The van der Waals surface area contributed by atoms with Crippen molar-refractivity contribution in [2.24, 2.45) is 5.92 Å². The number of hydrogen-bond acceptors (Lipinski definition) is 3. The summed E-state index contributed by atoms with van der Waals surface area (Å²) < 4.78 is 5.42. The number of rotatable bonds is 8. The largest absolute Gasteiger partial charge is 0.481 e. The topological polar surface area (TPSA) is 75.6 Å². The fourth-order valence-corrected chi connectivity index (χ4v) is 2.35. The third kappa shape index (κ3) is 7.15. The average molecular weight is 271 g/mol. The van der Waals surface area contributed by atoms with Crippen molar-refractivity contribution in [1.82, 2.24) is 5.32 Å². The quantitative estimate of drug-likeness (QED) is 0.662. The predicted octanol–water partition coefficient (Wildman–Crippen LogP) is 1.95. The third-order valence-corrected chi connectivity index (χ3v) is 3.47. The van der Waals surface area contributed by atoms with Crippen LogP contribution in [0.15, 0.2) is 0 Å². The Bertz CT molecular complexity index is 293. The number of carboxylic acid groups (broad SMARTS) is 1. The highest BCUT2D eigenvalue weighted by atomic mass is 16.5. The van der Waals surface area contributed by atoms with Gasteiger partial charge in [0.05, 0.1) is 6.10 Å². The first-order valence-electron chi connectivity index (χ1n) is 7.20. The maximum atomic E-state index is 11.9. The van der Waals surface area contributed by atoms with E-state index < -0.39 is 5.97 Å². The zero-order valence-corrected chi connectivity index (χ0v) is 11.7. The van der Waals surface area contributed by atoms with Crippen molar-refractivity contribution in [2.75, 3.05) is 13.2 Å². The van der Waals surface area contributed by atoms with Crippen LogP contribution in [0.3, 0.4) is 0 Å². The minimum absolute atomic E-state index is 0.0933. The highest BCUT2D eigenvalue weighted by Crippen LogP contribution is 2.19. The maximum absolute atomic E-state index is 11.9. The van der Waals surface area contributed by atoms with Crippen LogP contribution in [-0.4, -0.2) is 36.2 Å². The lowest BCUT2D eigenvalue weighted by Gasteiger charge is -2.26. The Morgan fingerprint density at radius 2 is 2.00 bits per heavy atom. The van der Waals surface area contributed by atoms with Gasteiger partial charge in [-0.1, -0.05) is 12.8 Å². The fourth-order valence-electron chi connectivity index (χ4n) is 2.35. The molecule has 0 saturated carbocycles. The molecular weight excluding hydrogens is 246 g/mol. The third-order valence-electron chi connectivity index (χ3n) is 3.47. The van der Waals surface area contributed by atoms with Gasteiger partial charge in [0, 0.05) is 25.5 Å². The number of ether oxygens (including phenoxy) is 1. The van der Waals surface area contributed by atoms with Gasteiger partial charge in [0.2, 0.25) is 5.91 Å². The highest BCUT2D eigenvalue weighted by Gasteiger charge is 2.24. The zero-order chi connectivity index (χ0) is 14.1. The Kier molecular flexibility index (Phi) is 7.48. The van der Waals surface area contributed by atoms with Crippen LogP contribution in [0.2, 0.25) is 0 Å². The highest BCUT2D eigenvalue weighted by molar-refractivity contribution is 5.78. The summed E-state index contributed by atoms with van der Waals surface area (Å²) in [6.45, 7) is 3.37. The molecule has 1 saturated heterocycles. The van der Waals surface area contributed by atoms with Crippen LogP contribution >= 0.6 is 0 Å². The van der Waals surface area contributed by atoms with Crippen molar-refractivity contribution in [1.29, 1.82) is 0 Å². The molecule has 0 bridgehead atoms. The maximum Gasteiger partial charge on any atom is 0.303 e. The van der Waals surface area contributed by atoms with Crippen molar-refractivity contribution in [3.8, 4) is 0 Å². The van der Waals surface area contributed by atoms with E-state index in [9.17, 15) is 9.59 Å². The second kappa shape index (κ2) is 8.91. The summed E-state index contributed by atoms with van der Waals surface area (Å²) in [5.41, 5.74) is 0. The van der Waals surface area contributed by atoms with E-state index in [1.165, 1.54) is 0 Å². The van der Waals surface area contributed by atoms with Crippen LogP contribution in [0.25, 0.3) is 0 Å². The van der Waals surface area contributed by atoms with E-state index in [4.69, 9.17) is 9.84 Å². The van der Waals surface area contributed by atoms with Gasteiger partial charge in [-0.15, -0.1) is 0 Å². The standard InChI is InChI=1S/C14H25NO4/c1-11-10-12(7-9-19-11)14(18)15-8-5-3-2-4-6-13(16)17/h11-12H,2-10H2,1H3,(H,15,18)(H,16,17). The number of carboxylic acids is 1. The molecule has 0 aliphatic carbocycles. The van der Waals surface area contributed by atoms with Crippen LogP contribution in [0.5, 0.6) is 0 Å². The Hall–Kier alpha value is -1.10. The van der Waals surface area contributed by atoms with E-state index in [-0.39, 0.29) is 24.3 Å². The van der Waals surface area contributed by atoms with Gasteiger partial charge in [-0.2, -0.15) is 0 Å². The van der Waals surface area contributed by atoms with Crippen LogP contribution < -0.4 is 5.32 Å². The van der Waals surface area contributed by atoms with E-state index in [0.29, 0.717) is 13.2 Å². The number of carbonyl (C=O) groups is 2. The van der Waals surface area contributed by atoms with E-state index in [1.54, 1.807) is 0 Å². The lowest BCUT2D eigenvalue weighted by molar-refractivity contribution is -0.137. The number of nitrogens with one attached hydrogen (secondary N) is 1. The Morgan fingerprint density at radius 1 is 1.26 bits per heavy atom. The first kappa shape index (κ1) is 16.0. The molecule has 0 aromatic heterocycles. The number of aliphatic carboxylic acids is 1. The number of amides is 1. The average Bonchev–Trinajstić information content (AvgIpc) is 2.37. The molecule has 1 heterocycles. The van der Waals surface area contributed by atoms with Gasteiger partial charge >= 0.3 is 5.97 Å². The Balaban J connectivity index is 1.99. The monoisotopic (exact) mass is 271 g/mol. The van der Waals surface area contributed by atoms with Crippen LogP contribution in [0.1, 0.15) is 51.9 Å². The molecule has 1 rings (SSSR count). The van der Waals surface area contributed by atoms with Gasteiger partial charge < -0.3 is 15.2 Å². The molecule has 5 heteroatoms. The molecule has 1 aliphatic rings. The number of hydrogen-bond donors (Lipinski definition) is 2. The number of carbonyl (C=O) groups excluding carboxylic acids is 1. The van der Waals surface area contributed by atoms with Gasteiger partial charge in [-0.25, -0.2) is 0 Å². The van der Waals surface area contributed by atoms with Crippen molar-refractivity contribution < 1.29 is 19.4 Å².